The summed E-state index contributed by atoms with van der Waals surface area (Å²) in [5, 5.41) is 0.00597. The number of rotatable bonds is 4. The van der Waals surface area contributed by atoms with Gasteiger partial charge in [-0.1, -0.05) is 23.7 Å². The van der Waals surface area contributed by atoms with Gasteiger partial charge in [-0.15, -0.1) is 0 Å². The lowest BCUT2D eigenvalue weighted by molar-refractivity contribution is 0.591. The van der Waals surface area contributed by atoms with Crippen LogP contribution in [0.4, 0.5) is 4.39 Å². The van der Waals surface area contributed by atoms with Gasteiger partial charge < -0.3 is 5.73 Å². The molecular weight excluding hydrogens is 253 g/mol. The molecule has 0 heterocycles. The van der Waals surface area contributed by atoms with E-state index in [0.717, 1.165) is 6.26 Å². The Bertz CT molecular complexity index is 476. The second kappa shape index (κ2) is 5.12. The molecule has 3 nitrogen and oxygen atoms in total. The van der Waals surface area contributed by atoms with Crippen LogP contribution in [-0.2, 0) is 16.3 Å². The maximum absolute atomic E-state index is 13.1. The molecule has 0 spiro atoms. The summed E-state index contributed by atoms with van der Waals surface area (Å²) in [7, 11) is -3.13. The summed E-state index contributed by atoms with van der Waals surface area (Å²) in [6.45, 7) is 0. The van der Waals surface area contributed by atoms with Crippen molar-refractivity contribution in [2.45, 2.75) is 12.5 Å². The molecule has 0 radical (unpaired) electrons. The second-order valence-corrected chi connectivity index (χ2v) is 6.33. The summed E-state index contributed by atoms with van der Waals surface area (Å²) in [5.41, 5.74) is 6.18. The third kappa shape index (κ3) is 4.08. The van der Waals surface area contributed by atoms with E-state index in [2.05, 4.69) is 0 Å². The quantitative estimate of drug-likeness (QED) is 0.895. The number of hydrogen-bond donors (Lipinski definition) is 1. The summed E-state index contributed by atoms with van der Waals surface area (Å²) in [4.78, 5) is 0. The molecule has 1 aromatic carbocycles. The second-order valence-electron chi connectivity index (χ2n) is 3.77. The maximum atomic E-state index is 13.1. The van der Waals surface area contributed by atoms with Crippen molar-refractivity contribution in [3.63, 3.8) is 0 Å². The minimum atomic E-state index is -3.13. The minimum absolute atomic E-state index is 0.00597. The summed E-state index contributed by atoms with van der Waals surface area (Å²) in [6, 6.07) is 3.82. The highest BCUT2D eigenvalue weighted by Crippen LogP contribution is 2.20. The van der Waals surface area contributed by atoms with E-state index < -0.39 is 21.7 Å². The Kier molecular flexibility index (Phi) is 4.29. The monoisotopic (exact) mass is 265 g/mol. The van der Waals surface area contributed by atoms with Crippen LogP contribution in [0.5, 0.6) is 0 Å². The molecule has 0 aliphatic heterocycles. The third-order valence-electron chi connectivity index (χ3n) is 2.03. The van der Waals surface area contributed by atoms with Crippen LogP contribution in [0.2, 0.25) is 5.02 Å². The van der Waals surface area contributed by atoms with E-state index in [1.165, 1.54) is 12.1 Å². The number of nitrogens with two attached hydrogens (primary N) is 1. The summed E-state index contributed by atoms with van der Waals surface area (Å²) in [5.74, 6) is -0.662. The molecule has 16 heavy (non-hydrogen) atoms. The fourth-order valence-corrected chi connectivity index (χ4v) is 2.54. The molecule has 0 fully saturated rings. The highest BCUT2D eigenvalue weighted by atomic mass is 35.5. The first kappa shape index (κ1) is 13.4. The van der Waals surface area contributed by atoms with Crippen LogP contribution in [0, 0.1) is 5.82 Å². The Labute approximate surface area is 99.3 Å². The summed E-state index contributed by atoms with van der Waals surface area (Å²) < 4.78 is 35.1. The lowest BCUT2D eigenvalue weighted by atomic mass is 10.1. The van der Waals surface area contributed by atoms with E-state index in [1.54, 1.807) is 6.07 Å². The molecule has 2 N–H and O–H groups in total. The van der Waals surface area contributed by atoms with Crippen molar-refractivity contribution in [3.05, 3.63) is 34.6 Å². The molecular formula is C10H13ClFNO2S. The fraction of sp³-hybridized carbons (Fsp3) is 0.400. The first-order chi connectivity index (χ1) is 7.29. The van der Waals surface area contributed by atoms with Crippen molar-refractivity contribution in [2.75, 3.05) is 12.0 Å². The zero-order valence-corrected chi connectivity index (χ0v) is 10.4. The van der Waals surface area contributed by atoms with Crippen LogP contribution in [0.1, 0.15) is 5.56 Å². The van der Waals surface area contributed by atoms with Crippen LogP contribution in [0.25, 0.3) is 0 Å². The molecule has 0 bridgehead atoms. The van der Waals surface area contributed by atoms with Crippen molar-refractivity contribution >= 4 is 21.4 Å². The van der Waals surface area contributed by atoms with E-state index in [-0.39, 0.29) is 17.2 Å². The zero-order valence-electron chi connectivity index (χ0n) is 8.78. The van der Waals surface area contributed by atoms with Gasteiger partial charge in [0.25, 0.3) is 0 Å². The van der Waals surface area contributed by atoms with Crippen LogP contribution in [-0.4, -0.2) is 26.5 Å². The average Bonchev–Trinajstić information content (AvgIpc) is 2.09. The molecule has 0 aromatic heterocycles. The number of hydrogen-bond acceptors (Lipinski definition) is 3. The largest absolute Gasteiger partial charge is 0.326 e. The third-order valence-corrected chi connectivity index (χ3v) is 3.49. The number of sulfone groups is 1. The molecule has 90 valence electrons. The molecule has 0 aliphatic carbocycles. The SMILES string of the molecule is CS(=O)(=O)CC(N)Cc1cccc(F)c1Cl. The molecule has 0 amide bonds. The van der Waals surface area contributed by atoms with Crippen molar-refractivity contribution in [1.82, 2.24) is 0 Å². The predicted molar refractivity (Wildman–Crippen MR) is 62.8 cm³/mol. The van der Waals surface area contributed by atoms with Gasteiger partial charge in [0.15, 0.2) is 0 Å². The van der Waals surface area contributed by atoms with E-state index in [9.17, 15) is 12.8 Å². The van der Waals surface area contributed by atoms with Crippen molar-refractivity contribution in [1.29, 1.82) is 0 Å². The molecule has 6 heteroatoms. The van der Waals surface area contributed by atoms with E-state index in [1.807, 2.05) is 0 Å². The van der Waals surface area contributed by atoms with Crippen molar-refractivity contribution in [3.8, 4) is 0 Å². The van der Waals surface area contributed by atoms with Crippen molar-refractivity contribution < 1.29 is 12.8 Å². The van der Waals surface area contributed by atoms with Gasteiger partial charge in [-0.2, -0.15) is 0 Å². The van der Waals surface area contributed by atoms with Gasteiger partial charge in [0.2, 0.25) is 0 Å². The van der Waals surface area contributed by atoms with Gasteiger partial charge in [-0.05, 0) is 18.1 Å². The minimum Gasteiger partial charge on any atom is -0.326 e. The first-order valence-electron chi connectivity index (χ1n) is 4.66. The molecule has 1 rings (SSSR count). The highest BCUT2D eigenvalue weighted by Gasteiger charge is 2.14. The molecule has 1 atom stereocenters. The molecule has 0 saturated heterocycles. The van der Waals surface area contributed by atoms with Gasteiger partial charge >= 0.3 is 0 Å². The topological polar surface area (TPSA) is 60.2 Å². The van der Waals surface area contributed by atoms with E-state index in [4.69, 9.17) is 17.3 Å². The van der Waals surface area contributed by atoms with Gasteiger partial charge in [0.1, 0.15) is 15.7 Å². The van der Waals surface area contributed by atoms with Crippen LogP contribution in [0.3, 0.4) is 0 Å². The van der Waals surface area contributed by atoms with E-state index >= 15 is 0 Å². The first-order valence-corrected chi connectivity index (χ1v) is 7.09. The maximum Gasteiger partial charge on any atom is 0.148 e. The Hall–Kier alpha value is -0.650. The lowest BCUT2D eigenvalue weighted by Gasteiger charge is -2.11. The number of halogens is 2. The molecule has 1 unspecified atom stereocenters. The fourth-order valence-electron chi connectivity index (χ4n) is 1.44. The lowest BCUT2D eigenvalue weighted by Crippen LogP contribution is -2.31. The Balaban J connectivity index is 2.77. The van der Waals surface area contributed by atoms with Crippen LogP contribution in [0.15, 0.2) is 18.2 Å². The number of benzene rings is 1. The normalized spacial score (nSPS) is 13.8. The highest BCUT2D eigenvalue weighted by molar-refractivity contribution is 7.90. The molecule has 0 saturated carbocycles. The standard InChI is InChI=1S/C10H13ClFNO2S/c1-16(14,15)6-8(13)5-7-3-2-4-9(12)10(7)11/h2-4,8H,5-6,13H2,1H3. The zero-order chi connectivity index (χ0) is 12.3. The summed E-state index contributed by atoms with van der Waals surface area (Å²) in [6.07, 6.45) is 1.35. The van der Waals surface area contributed by atoms with Gasteiger partial charge in [-0.25, -0.2) is 12.8 Å². The molecule has 0 aliphatic rings. The van der Waals surface area contributed by atoms with E-state index in [0.29, 0.717) is 5.56 Å². The van der Waals surface area contributed by atoms with Gasteiger partial charge in [0, 0.05) is 12.3 Å². The predicted octanol–water partition coefficient (Wildman–Crippen LogP) is 1.39. The smallest absolute Gasteiger partial charge is 0.148 e. The molecule has 1 aromatic rings. The van der Waals surface area contributed by atoms with Gasteiger partial charge in [0.05, 0.1) is 10.8 Å². The van der Waals surface area contributed by atoms with Crippen molar-refractivity contribution in [2.24, 2.45) is 5.73 Å². The Morgan fingerprint density at radius 3 is 2.69 bits per heavy atom. The Morgan fingerprint density at radius 2 is 2.12 bits per heavy atom. The van der Waals surface area contributed by atoms with Crippen LogP contribution < -0.4 is 5.73 Å². The average molecular weight is 266 g/mol. The Morgan fingerprint density at radius 1 is 1.50 bits per heavy atom. The van der Waals surface area contributed by atoms with Crippen LogP contribution >= 0.6 is 11.6 Å². The van der Waals surface area contributed by atoms with Gasteiger partial charge in [-0.3, -0.25) is 0 Å². The summed E-state index contributed by atoms with van der Waals surface area (Å²) >= 11 is 5.73.